The normalized spacial score (nSPS) is 21.5. The van der Waals surface area contributed by atoms with E-state index in [0.717, 1.165) is 36.4 Å². The molecule has 0 saturated carbocycles. The van der Waals surface area contributed by atoms with Crippen molar-refractivity contribution >= 4 is 26.3 Å². The van der Waals surface area contributed by atoms with Crippen LogP contribution in [0.4, 0.5) is 0 Å². The molecule has 0 aliphatic carbocycles. The van der Waals surface area contributed by atoms with Crippen LogP contribution in [0.25, 0.3) is 0 Å². The van der Waals surface area contributed by atoms with Gasteiger partial charge in [0.05, 0.1) is 0 Å². The first kappa shape index (κ1) is 5.14. The van der Waals surface area contributed by atoms with Crippen molar-refractivity contribution in [1.29, 1.82) is 0 Å². The van der Waals surface area contributed by atoms with E-state index in [9.17, 15) is 0 Å². The molecule has 6 heavy (non-hydrogen) atoms. The van der Waals surface area contributed by atoms with Crippen LogP contribution in [0.5, 0.6) is 0 Å². The van der Waals surface area contributed by atoms with E-state index in [1.54, 1.807) is 0 Å². The Balaban J connectivity index is 1.88. The number of hydrogen-bond donors (Lipinski definition) is 1. The molecule has 1 aliphatic heterocycles. The zero-order valence-corrected chi connectivity index (χ0v) is 6.68. The van der Waals surface area contributed by atoms with Crippen LogP contribution in [0, 0.1) is 0 Å². The van der Waals surface area contributed by atoms with E-state index in [1.807, 2.05) is 0 Å². The molecule has 1 aliphatic rings. The minimum atomic E-state index is 0.425. The van der Waals surface area contributed by atoms with Gasteiger partial charge in [-0.05, 0) is 0 Å². The van der Waals surface area contributed by atoms with Gasteiger partial charge in [0.2, 0.25) is 0 Å². The number of aliphatic hydroxyl groups is 1. The van der Waals surface area contributed by atoms with Crippen LogP contribution >= 0.6 is 0 Å². The molecule has 0 spiro atoms. The van der Waals surface area contributed by atoms with Crippen LogP contribution in [-0.4, -0.2) is 38.0 Å². The van der Waals surface area contributed by atoms with Crippen molar-refractivity contribution in [3.63, 3.8) is 0 Å². The van der Waals surface area contributed by atoms with E-state index in [2.05, 4.69) is 0 Å². The first-order chi connectivity index (χ1) is 2.93. The van der Waals surface area contributed by atoms with Gasteiger partial charge in [0.15, 0.2) is 0 Å². The Morgan fingerprint density at radius 2 is 2.17 bits per heavy atom. The van der Waals surface area contributed by atoms with Crippen molar-refractivity contribution in [2.45, 2.75) is 10.1 Å². The summed E-state index contributed by atoms with van der Waals surface area (Å²) in [5, 5.41) is 8.30. The molecule has 1 saturated heterocycles. The molecule has 1 fully saturated rings. The van der Waals surface area contributed by atoms with Gasteiger partial charge >= 0.3 is 48.1 Å². The molecular formula is C3H6OSe2. The van der Waals surface area contributed by atoms with Gasteiger partial charge in [0.1, 0.15) is 0 Å². The molecular weight excluding hydrogens is 210 g/mol. The van der Waals surface area contributed by atoms with Crippen molar-refractivity contribution in [2.75, 3.05) is 6.61 Å². The fraction of sp³-hybridized carbons (Fsp3) is 1.00. The summed E-state index contributed by atoms with van der Waals surface area (Å²) in [4.78, 5) is 0. The van der Waals surface area contributed by atoms with Gasteiger partial charge in [0, 0.05) is 0 Å². The summed E-state index contributed by atoms with van der Waals surface area (Å²) in [6.07, 6.45) is 1.10. The van der Waals surface area contributed by atoms with Gasteiger partial charge in [0.25, 0.3) is 0 Å². The molecule has 36 valence electrons. The molecule has 0 amide bonds. The van der Waals surface area contributed by atoms with Crippen LogP contribution in [0.1, 0.15) is 6.42 Å². The van der Waals surface area contributed by atoms with Gasteiger partial charge in [-0.2, -0.15) is 0 Å². The van der Waals surface area contributed by atoms with Crippen LogP contribution in [0.15, 0.2) is 0 Å². The molecule has 1 rings (SSSR count). The Bertz CT molecular complexity index is 44.1. The molecule has 0 aromatic carbocycles. The molecule has 0 unspecified atom stereocenters. The van der Waals surface area contributed by atoms with Crippen LogP contribution in [0.3, 0.4) is 0 Å². The Labute approximate surface area is 48.4 Å². The molecule has 1 N–H and O–H groups in total. The first-order valence-corrected chi connectivity index (χ1v) is 8.17. The summed E-state index contributed by atoms with van der Waals surface area (Å²) < 4.78 is 1.02. The molecule has 0 bridgehead atoms. The summed E-state index contributed by atoms with van der Waals surface area (Å²) in [5.74, 6) is 0. The van der Waals surface area contributed by atoms with Crippen molar-refractivity contribution in [3.05, 3.63) is 0 Å². The predicted octanol–water partition coefficient (Wildman–Crippen LogP) is -0.548. The minimum absolute atomic E-state index is 0.425. The van der Waals surface area contributed by atoms with E-state index in [4.69, 9.17) is 5.11 Å². The summed E-state index contributed by atoms with van der Waals surface area (Å²) >= 11 is 1.99. The number of aliphatic hydroxyl groups excluding tert-OH is 1. The topological polar surface area (TPSA) is 20.2 Å². The zero-order chi connectivity index (χ0) is 4.41. The van der Waals surface area contributed by atoms with E-state index in [-0.39, 0.29) is 0 Å². The Morgan fingerprint density at radius 3 is 2.33 bits per heavy atom. The zero-order valence-electron chi connectivity index (χ0n) is 3.26. The van der Waals surface area contributed by atoms with Gasteiger partial charge in [-0.3, -0.25) is 0 Å². The summed E-state index contributed by atoms with van der Waals surface area (Å²) in [6.45, 7) is 0.425. The third kappa shape index (κ3) is 1.63. The second kappa shape index (κ2) is 2.34. The van der Waals surface area contributed by atoms with Gasteiger partial charge < -0.3 is 0 Å². The number of rotatable bonds is 2. The number of hydrogen-bond acceptors (Lipinski definition) is 1. The maximum absolute atomic E-state index is 8.30. The van der Waals surface area contributed by atoms with E-state index in [1.165, 1.54) is 0 Å². The van der Waals surface area contributed by atoms with E-state index < -0.39 is 0 Å². The third-order valence-corrected chi connectivity index (χ3v) is 7.63. The van der Waals surface area contributed by atoms with Gasteiger partial charge in [-0.1, -0.05) is 0 Å². The SMILES string of the molecule is OCCC1[Se][Se]1. The van der Waals surface area contributed by atoms with Crippen molar-refractivity contribution < 1.29 is 5.11 Å². The quantitative estimate of drug-likeness (QED) is 0.614. The average Bonchev–Trinajstić information content (AvgIpc) is 2.21. The fourth-order valence-electron chi connectivity index (χ4n) is 0.241. The summed E-state index contributed by atoms with van der Waals surface area (Å²) in [7, 11) is 0. The first-order valence-electron chi connectivity index (χ1n) is 1.86. The summed E-state index contributed by atoms with van der Waals surface area (Å²) in [6, 6.07) is 0. The average molecular weight is 216 g/mol. The Hall–Kier alpha value is 0.999. The maximum atomic E-state index is 8.30. The molecule has 1 nitrogen and oxygen atoms in total. The molecule has 0 aromatic rings. The molecule has 0 aromatic heterocycles. The molecule has 0 radical (unpaired) electrons. The summed E-state index contributed by atoms with van der Waals surface area (Å²) in [5.41, 5.74) is 0. The van der Waals surface area contributed by atoms with Gasteiger partial charge in [-0.25, -0.2) is 0 Å². The monoisotopic (exact) mass is 218 g/mol. The van der Waals surface area contributed by atoms with Crippen LogP contribution in [0.2, 0.25) is 3.71 Å². The molecule has 0 atom stereocenters. The second-order valence-electron chi connectivity index (χ2n) is 1.13. The van der Waals surface area contributed by atoms with E-state index in [0.29, 0.717) is 6.61 Å². The standard InChI is InChI=1S/C3H6OSe2/c4-2-1-3-5-6-3/h3-4H,1-2H2. The molecule has 1 heterocycles. The third-order valence-electron chi connectivity index (χ3n) is 0.597. The molecule has 3 heteroatoms. The van der Waals surface area contributed by atoms with E-state index >= 15 is 0 Å². The van der Waals surface area contributed by atoms with Crippen molar-refractivity contribution in [2.24, 2.45) is 0 Å². The Kier molecular flexibility index (Phi) is 2.01. The predicted molar refractivity (Wildman–Crippen MR) is 27.0 cm³/mol. The van der Waals surface area contributed by atoms with Gasteiger partial charge in [-0.15, -0.1) is 0 Å². The Morgan fingerprint density at radius 1 is 1.50 bits per heavy atom. The van der Waals surface area contributed by atoms with Crippen LogP contribution in [-0.2, 0) is 0 Å². The van der Waals surface area contributed by atoms with Crippen LogP contribution < -0.4 is 0 Å². The van der Waals surface area contributed by atoms with Crippen molar-refractivity contribution in [3.8, 4) is 0 Å². The second-order valence-corrected chi connectivity index (χ2v) is 10.0. The fourth-order valence-corrected chi connectivity index (χ4v) is 4.21. The van der Waals surface area contributed by atoms with Crippen molar-refractivity contribution in [1.82, 2.24) is 0 Å².